The van der Waals surface area contributed by atoms with Crippen molar-refractivity contribution in [3.05, 3.63) is 71.8 Å². The summed E-state index contributed by atoms with van der Waals surface area (Å²) >= 11 is 0. The summed E-state index contributed by atoms with van der Waals surface area (Å²) in [5.74, 6) is -0.289. The van der Waals surface area contributed by atoms with Crippen LogP contribution in [0.1, 0.15) is 30.9 Å². The zero-order valence-electron chi connectivity index (χ0n) is 15.8. The molecule has 1 saturated heterocycles. The normalized spacial score (nSPS) is 20.7. The molecule has 138 valence electrons. The maximum Gasteiger partial charge on any atom is 0.232 e. The molecule has 2 aromatic carbocycles. The fourth-order valence-electron chi connectivity index (χ4n) is 3.65. The number of hydrogen-bond donors (Lipinski definition) is 1. The second-order valence-corrected chi connectivity index (χ2v) is 7.19. The number of rotatable bonds is 6. The number of nitrogens with one attached hydrogen (secondary N) is 1. The lowest BCUT2D eigenvalue weighted by molar-refractivity contribution is -0.123. The maximum atomic E-state index is 13.3. The average molecular weight is 352 g/mol. The van der Waals surface area contributed by atoms with Gasteiger partial charge in [-0.2, -0.15) is 0 Å². The number of benzene rings is 2. The minimum absolute atomic E-state index is 0.00447. The van der Waals surface area contributed by atoms with Gasteiger partial charge in [0, 0.05) is 26.2 Å². The Hall–Kier alpha value is -2.17. The van der Waals surface area contributed by atoms with Gasteiger partial charge in [0.25, 0.3) is 0 Å². The van der Waals surface area contributed by atoms with Gasteiger partial charge in [0.15, 0.2) is 0 Å². The zero-order valence-corrected chi connectivity index (χ0v) is 15.8. The molecule has 0 bridgehead atoms. The van der Waals surface area contributed by atoms with Gasteiger partial charge in [-0.05, 0) is 25.0 Å². The predicted molar refractivity (Wildman–Crippen MR) is 104 cm³/mol. The van der Waals surface area contributed by atoms with Crippen molar-refractivity contribution in [2.24, 2.45) is 0 Å². The van der Waals surface area contributed by atoms with E-state index in [2.05, 4.69) is 24.1 Å². The fourth-order valence-corrected chi connectivity index (χ4v) is 3.65. The highest BCUT2D eigenvalue weighted by Gasteiger charge is 2.36. The Labute approximate surface area is 156 Å². The average Bonchev–Trinajstić information content (AvgIpc) is 3.07. The molecular weight excluding hydrogens is 324 g/mol. The molecule has 0 unspecified atom stereocenters. The summed E-state index contributed by atoms with van der Waals surface area (Å²) in [6, 6.07) is 20.4. The molecule has 1 N–H and O–H groups in total. The SMILES string of the molecule is CO[C@@H]1CN(C(C)C)C[C@H]1NC(=O)C(c1ccccc1)c1ccccc1. The minimum atomic E-state index is -0.317. The van der Waals surface area contributed by atoms with Crippen LogP contribution in [0.3, 0.4) is 0 Å². The Morgan fingerprint density at radius 1 is 1.00 bits per heavy atom. The maximum absolute atomic E-state index is 13.3. The summed E-state index contributed by atoms with van der Waals surface area (Å²) in [6.07, 6.45) is 0.0218. The largest absolute Gasteiger partial charge is 0.378 e. The van der Waals surface area contributed by atoms with Crippen LogP contribution in [0.5, 0.6) is 0 Å². The molecule has 1 heterocycles. The van der Waals surface area contributed by atoms with E-state index in [0.717, 1.165) is 24.2 Å². The minimum Gasteiger partial charge on any atom is -0.378 e. The summed E-state index contributed by atoms with van der Waals surface area (Å²) < 4.78 is 5.64. The lowest BCUT2D eigenvalue weighted by atomic mass is 9.90. The summed E-state index contributed by atoms with van der Waals surface area (Å²) in [7, 11) is 1.72. The van der Waals surface area contributed by atoms with Crippen LogP contribution in [0.25, 0.3) is 0 Å². The number of hydrogen-bond acceptors (Lipinski definition) is 3. The first-order valence-corrected chi connectivity index (χ1v) is 9.27. The van der Waals surface area contributed by atoms with E-state index in [4.69, 9.17) is 4.74 Å². The molecule has 2 aromatic rings. The molecule has 0 radical (unpaired) electrons. The predicted octanol–water partition coefficient (Wildman–Crippen LogP) is 3.04. The molecule has 0 aliphatic carbocycles. The van der Waals surface area contributed by atoms with Crippen LogP contribution < -0.4 is 5.32 Å². The van der Waals surface area contributed by atoms with Crippen molar-refractivity contribution in [2.75, 3.05) is 20.2 Å². The Morgan fingerprint density at radius 3 is 2.00 bits per heavy atom. The van der Waals surface area contributed by atoms with E-state index in [1.165, 1.54) is 0 Å². The number of ether oxygens (including phenoxy) is 1. The third-order valence-corrected chi connectivity index (χ3v) is 5.18. The van der Waals surface area contributed by atoms with Gasteiger partial charge in [0.1, 0.15) is 0 Å². The van der Waals surface area contributed by atoms with E-state index in [-0.39, 0.29) is 24.0 Å². The van der Waals surface area contributed by atoms with Gasteiger partial charge in [-0.3, -0.25) is 9.69 Å². The number of likely N-dealkylation sites (tertiary alicyclic amines) is 1. The monoisotopic (exact) mass is 352 g/mol. The lowest BCUT2D eigenvalue weighted by Crippen LogP contribution is -2.45. The Morgan fingerprint density at radius 2 is 1.54 bits per heavy atom. The molecular formula is C22H28N2O2. The third kappa shape index (κ3) is 4.14. The highest BCUT2D eigenvalue weighted by Crippen LogP contribution is 2.26. The third-order valence-electron chi connectivity index (χ3n) is 5.18. The quantitative estimate of drug-likeness (QED) is 0.869. The van der Waals surface area contributed by atoms with Gasteiger partial charge in [0.05, 0.1) is 18.1 Å². The van der Waals surface area contributed by atoms with Gasteiger partial charge >= 0.3 is 0 Å². The van der Waals surface area contributed by atoms with Crippen LogP contribution in [0.4, 0.5) is 0 Å². The van der Waals surface area contributed by atoms with Crippen molar-refractivity contribution in [2.45, 2.75) is 38.0 Å². The summed E-state index contributed by atoms with van der Waals surface area (Å²) in [5, 5.41) is 3.26. The second-order valence-electron chi connectivity index (χ2n) is 7.19. The number of carbonyl (C=O) groups excluding carboxylic acids is 1. The molecule has 2 atom stereocenters. The lowest BCUT2D eigenvalue weighted by Gasteiger charge is -2.24. The Bertz CT molecular complexity index is 663. The molecule has 1 aliphatic heterocycles. The van der Waals surface area contributed by atoms with Gasteiger partial charge < -0.3 is 10.1 Å². The van der Waals surface area contributed by atoms with Crippen molar-refractivity contribution in [3.8, 4) is 0 Å². The van der Waals surface area contributed by atoms with E-state index >= 15 is 0 Å². The Balaban J connectivity index is 1.82. The molecule has 1 aliphatic rings. The molecule has 4 nitrogen and oxygen atoms in total. The van der Waals surface area contributed by atoms with Crippen LogP contribution in [0.2, 0.25) is 0 Å². The molecule has 4 heteroatoms. The van der Waals surface area contributed by atoms with Crippen LogP contribution in [-0.4, -0.2) is 49.2 Å². The van der Waals surface area contributed by atoms with Crippen LogP contribution in [-0.2, 0) is 9.53 Å². The molecule has 26 heavy (non-hydrogen) atoms. The van der Waals surface area contributed by atoms with Crippen molar-refractivity contribution in [1.82, 2.24) is 10.2 Å². The van der Waals surface area contributed by atoms with Gasteiger partial charge in [-0.25, -0.2) is 0 Å². The molecule has 0 aromatic heterocycles. The number of carbonyl (C=O) groups is 1. The second kappa shape index (κ2) is 8.47. The highest BCUT2D eigenvalue weighted by molar-refractivity contribution is 5.87. The Kier molecular flexibility index (Phi) is 6.07. The van der Waals surface area contributed by atoms with Crippen LogP contribution in [0.15, 0.2) is 60.7 Å². The first-order valence-electron chi connectivity index (χ1n) is 9.27. The van der Waals surface area contributed by atoms with Gasteiger partial charge in [0.2, 0.25) is 5.91 Å². The summed E-state index contributed by atoms with van der Waals surface area (Å²) in [6.45, 7) is 6.01. The molecule has 1 amide bonds. The van der Waals surface area contributed by atoms with Gasteiger partial charge in [-0.15, -0.1) is 0 Å². The standard InChI is InChI=1S/C22H28N2O2/c1-16(2)24-14-19(20(15-24)26-3)23-22(25)21(17-10-6-4-7-11-17)18-12-8-5-9-13-18/h4-13,16,19-21H,14-15H2,1-3H3,(H,23,25)/t19-,20-/m1/s1. The van der Waals surface area contributed by atoms with E-state index in [9.17, 15) is 4.79 Å². The number of methoxy groups -OCH3 is 1. The molecule has 3 rings (SSSR count). The van der Waals surface area contributed by atoms with Crippen molar-refractivity contribution < 1.29 is 9.53 Å². The van der Waals surface area contributed by atoms with E-state index in [0.29, 0.717) is 6.04 Å². The zero-order chi connectivity index (χ0) is 18.5. The van der Waals surface area contributed by atoms with E-state index < -0.39 is 0 Å². The fraction of sp³-hybridized carbons (Fsp3) is 0.409. The first-order chi connectivity index (χ1) is 12.6. The van der Waals surface area contributed by atoms with Crippen LogP contribution >= 0.6 is 0 Å². The van der Waals surface area contributed by atoms with Crippen molar-refractivity contribution in [1.29, 1.82) is 0 Å². The van der Waals surface area contributed by atoms with Crippen molar-refractivity contribution >= 4 is 5.91 Å². The summed E-state index contributed by atoms with van der Waals surface area (Å²) in [5.41, 5.74) is 2.01. The highest BCUT2D eigenvalue weighted by atomic mass is 16.5. The number of nitrogens with zero attached hydrogens (tertiary/aromatic N) is 1. The molecule has 1 fully saturated rings. The topological polar surface area (TPSA) is 41.6 Å². The molecule has 0 saturated carbocycles. The first kappa shape index (κ1) is 18.6. The van der Waals surface area contributed by atoms with E-state index in [1.54, 1.807) is 7.11 Å². The molecule has 0 spiro atoms. The van der Waals surface area contributed by atoms with Crippen LogP contribution in [0, 0.1) is 0 Å². The van der Waals surface area contributed by atoms with E-state index in [1.807, 2.05) is 60.7 Å². The summed E-state index contributed by atoms with van der Waals surface area (Å²) in [4.78, 5) is 15.6. The van der Waals surface area contributed by atoms with Gasteiger partial charge in [-0.1, -0.05) is 60.7 Å². The van der Waals surface area contributed by atoms with Crippen molar-refractivity contribution in [3.63, 3.8) is 0 Å². The number of amides is 1. The smallest absolute Gasteiger partial charge is 0.232 e.